The molecule has 2 amide bonds. The number of rotatable bonds is 2. The molecule has 0 aromatic heterocycles. The van der Waals surface area contributed by atoms with Crippen molar-refractivity contribution in [1.82, 2.24) is 4.90 Å². The van der Waals surface area contributed by atoms with Gasteiger partial charge < -0.3 is 10.2 Å². The zero-order valence-corrected chi connectivity index (χ0v) is 13.7. The lowest BCUT2D eigenvalue weighted by molar-refractivity contribution is 0.211. The lowest BCUT2D eigenvalue weighted by Gasteiger charge is -2.25. The van der Waals surface area contributed by atoms with Gasteiger partial charge in [0, 0.05) is 24.7 Å². The van der Waals surface area contributed by atoms with Gasteiger partial charge in [-0.25, -0.2) is 4.79 Å². The SMILES string of the molecule is Cc1cccc(NC(=O)N2CCCCC(c3ccccc3)C2)c1. The van der Waals surface area contributed by atoms with Crippen molar-refractivity contribution in [3.8, 4) is 0 Å². The summed E-state index contributed by atoms with van der Waals surface area (Å²) in [7, 11) is 0. The van der Waals surface area contributed by atoms with Gasteiger partial charge in [-0.15, -0.1) is 0 Å². The van der Waals surface area contributed by atoms with Crippen LogP contribution in [0, 0.1) is 6.92 Å². The number of nitrogens with one attached hydrogen (secondary N) is 1. The maximum absolute atomic E-state index is 12.6. The largest absolute Gasteiger partial charge is 0.324 e. The van der Waals surface area contributed by atoms with Gasteiger partial charge in [-0.2, -0.15) is 0 Å². The topological polar surface area (TPSA) is 32.3 Å². The highest BCUT2D eigenvalue weighted by atomic mass is 16.2. The van der Waals surface area contributed by atoms with E-state index < -0.39 is 0 Å². The third-order valence-electron chi connectivity index (χ3n) is 4.50. The predicted molar refractivity (Wildman–Crippen MR) is 94.8 cm³/mol. The van der Waals surface area contributed by atoms with Gasteiger partial charge in [0.15, 0.2) is 0 Å². The molecule has 0 saturated carbocycles. The van der Waals surface area contributed by atoms with Crippen molar-refractivity contribution in [3.05, 3.63) is 65.7 Å². The molecule has 2 aromatic carbocycles. The fourth-order valence-electron chi connectivity index (χ4n) is 3.25. The normalized spacial score (nSPS) is 18.3. The van der Waals surface area contributed by atoms with Crippen LogP contribution >= 0.6 is 0 Å². The van der Waals surface area contributed by atoms with Crippen LogP contribution in [-0.4, -0.2) is 24.0 Å². The van der Waals surface area contributed by atoms with E-state index in [-0.39, 0.29) is 6.03 Å². The van der Waals surface area contributed by atoms with Crippen LogP contribution in [0.15, 0.2) is 54.6 Å². The van der Waals surface area contributed by atoms with E-state index in [2.05, 4.69) is 29.6 Å². The Kier molecular flexibility index (Phi) is 4.96. The number of anilines is 1. The number of amides is 2. The molecule has 1 aliphatic rings. The molecule has 0 radical (unpaired) electrons. The van der Waals surface area contributed by atoms with Crippen LogP contribution in [0.5, 0.6) is 0 Å². The quantitative estimate of drug-likeness (QED) is 0.849. The molecule has 3 rings (SSSR count). The molecule has 1 N–H and O–H groups in total. The molecule has 1 fully saturated rings. The minimum atomic E-state index is 0.0124. The van der Waals surface area contributed by atoms with E-state index in [1.165, 1.54) is 12.0 Å². The molecule has 1 aliphatic heterocycles. The summed E-state index contributed by atoms with van der Waals surface area (Å²) in [4.78, 5) is 14.6. The molecule has 120 valence electrons. The van der Waals surface area contributed by atoms with Crippen LogP contribution in [0.4, 0.5) is 10.5 Å². The number of aryl methyl sites for hydroxylation is 1. The summed E-state index contributed by atoms with van der Waals surface area (Å²) in [6, 6.07) is 18.5. The van der Waals surface area contributed by atoms with Gasteiger partial charge in [0.25, 0.3) is 0 Å². The van der Waals surface area contributed by atoms with E-state index >= 15 is 0 Å². The van der Waals surface area contributed by atoms with Crippen molar-refractivity contribution in [1.29, 1.82) is 0 Å². The molecule has 2 aromatic rings. The van der Waals surface area contributed by atoms with E-state index in [9.17, 15) is 4.79 Å². The Labute approximate surface area is 138 Å². The number of hydrogen-bond acceptors (Lipinski definition) is 1. The Bertz CT molecular complexity index is 654. The first-order chi connectivity index (χ1) is 11.2. The van der Waals surface area contributed by atoms with E-state index in [4.69, 9.17) is 0 Å². The maximum Gasteiger partial charge on any atom is 0.321 e. The van der Waals surface area contributed by atoms with Crippen molar-refractivity contribution < 1.29 is 4.79 Å². The van der Waals surface area contributed by atoms with Crippen LogP contribution in [0.2, 0.25) is 0 Å². The molecule has 1 saturated heterocycles. The van der Waals surface area contributed by atoms with Gasteiger partial charge in [0.1, 0.15) is 0 Å². The van der Waals surface area contributed by atoms with Crippen LogP contribution in [0.3, 0.4) is 0 Å². The minimum Gasteiger partial charge on any atom is -0.324 e. The minimum absolute atomic E-state index is 0.0124. The van der Waals surface area contributed by atoms with Crippen molar-refractivity contribution in [2.75, 3.05) is 18.4 Å². The van der Waals surface area contributed by atoms with Crippen LogP contribution in [0.25, 0.3) is 0 Å². The lowest BCUT2D eigenvalue weighted by atomic mass is 9.94. The van der Waals surface area contributed by atoms with E-state index in [1.807, 2.05) is 42.2 Å². The van der Waals surface area contributed by atoms with Crippen LogP contribution in [0.1, 0.15) is 36.3 Å². The molecular weight excluding hydrogens is 284 g/mol. The maximum atomic E-state index is 12.6. The third-order valence-corrected chi connectivity index (χ3v) is 4.50. The number of nitrogens with zero attached hydrogens (tertiary/aromatic N) is 1. The van der Waals surface area contributed by atoms with Crippen molar-refractivity contribution in [2.45, 2.75) is 32.1 Å². The first-order valence-corrected chi connectivity index (χ1v) is 8.40. The Morgan fingerprint density at radius 2 is 1.91 bits per heavy atom. The molecule has 0 spiro atoms. The summed E-state index contributed by atoms with van der Waals surface area (Å²) in [6.07, 6.45) is 3.40. The van der Waals surface area contributed by atoms with Crippen LogP contribution in [-0.2, 0) is 0 Å². The number of carbonyl (C=O) groups excluding carboxylic acids is 1. The summed E-state index contributed by atoms with van der Waals surface area (Å²) in [5.74, 6) is 0.432. The summed E-state index contributed by atoms with van der Waals surface area (Å²) >= 11 is 0. The summed E-state index contributed by atoms with van der Waals surface area (Å²) in [5.41, 5.74) is 3.36. The zero-order valence-electron chi connectivity index (χ0n) is 13.7. The number of urea groups is 1. The number of carbonyl (C=O) groups is 1. The lowest BCUT2D eigenvalue weighted by Crippen LogP contribution is -2.37. The second kappa shape index (κ2) is 7.32. The molecule has 1 unspecified atom stereocenters. The second-order valence-electron chi connectivity index (χ2n) is 6.35. The molecule has 1 heterocycles. The summed E-state index contributed by atoms with van der Waals surface area (Å²) in [5, 5.41) is 3.04. The van der Waals surface area contributed by atoms with Gasteiger partial charge in [-0.05, 0) is 43.0 Å². The predicted octanol–water partition coefficient (Wildman–Crippen LogP) is 4.80. The standard InChI is InChI=1S/C20H24N2O/c1-16-8-7-12-19(14-16)21-20(23)22-13-6-5-11-18(15-22)17-9-3-2-4-10-17/h2-4,7-10,12,14,18H,5-6,11,13,15H2,1H3,(H,21,23). The molecule has 23 heavy (non-hydrogen) atoms. The fourth-order valence-corrected chi connectivity index (χ4v) is 3.25. The van der Waals surface area contributed by atoms with Crippen molar-refractivity contribution >= 4 is 11.7 Å². The number of benzene rings is 2. The van der Waals surface area contributed by atoms with E-state index in [0.29, 0.717) is 5.92 Å². The average Bonchev–Trinajstić information content (AvgIpc) is 2.82. The molecular formula is C20H24N2O. The van der Waals surface area contributed by atoms with E-state index in [0.717, 1.165) is 37.2 Å². The van der Waals surface area contributed by atoms with Crippen LogP contribution < -0.4 is 5.32 Å². The Morgan fingerprint density at radius 1 is 1.09 bits per heavy atom. The van der Waals surface area contributed by atoms with Crippen molar-refractivity contribution in [2.24, 2.45) is 0 Å². The van der Waals surface area contributed by atoms with Gasteiger partial charge >= 0.3 is 6.03 Å². The average molecular weight is 308 g/mol. The first kappa shape index (κ1) is 15.6. The van der Waals surface area contributed by atoms with Gasteiger partial charge in [0.05, 0.1) is 0 Å². The fraction of sp³-hybridized carbons (Fsp3) is 0.350. The third kappa shape index (κ3) is 4.13. The van der Waals surface area contributed by atoms with Crippen molar-refractivity contribution in [3.63, 3.8) is 0 Å². The molecule has 3 nitrogen and oxygen atoms in total. The summed E-state index contributed by atoms with van der Waals surface area (Å²) in [6.45, 7) is 3.66. The highest BCUT2D eigenvalue weighted by Crippen LogP contribution is 2.26. The number of hydrogen-bond donors (Lipinski definition) is 1. The summed E-state index contributed by atoms with van der Waals surface area (Å²) < 4.78 is 0. The molecule has 0 bridgehead atoms. The highest BCUT2D eigenvalue weighted by Gasteiger charge is 2.23. The smallest absolute Gasteiger partial charge is 0.321 e. The van der Waals surface area contributed by atoms with Gasteiger partial charge in [-0.1, -0.05) is 48.9 Å². The Morgan fingerprint density at radius 3 is 2.70 bits per heavy atom. The second-order valence-corrected chi connectivity index (χ2v) is 6.35. The van der Waals surface area contributed by atoms with Gasteiger partial charge in [0.2, 0.25) is 0 Å². The molecule has 3 heteroatoms. The Balaban J connectivity index is 1.69. The zero-order chi connectivity index (χ0) is 16.1. The number of likely N-dealkylation sites (tertiary alicyclic amines) is 1. The Hall–Kier alpha value is -2.29. The van der Waals surface area contributed by atoms with Gasteiger partial charge in [-0.3, -0.25) is 0 Å². The molecule has 0 aliphatic carbocycles. The first-order valence-electron chi connectivity index (χ1n) is 8.40. The highest BCUT2D eigenvalue weighted by molar-refractivity contribution is 5.89. The monoisotopic (exact) mass is 308 g/mol. The molecule has 1 atom stereocenters. The van der Waals surface area contributed by atoms with E-state index in [1.54, 1.807) is 0 Å².